The van der Waals surface area contributed by atoms with E-state index >= 15 is 0 Å². The summed E-state index contributed by atoms with van der Waals surface area (Å²) in [5.41, 5.74) is 7.95. The lowest BCUT2D eigenvalue weighted by molar-refractivity contribution is -0.152. The van der Waals surface area contributed by atoms with E-state index in [1.165, 1.54) is 4.90 Å². The van der Waals surface area contributed by atoms with Gasteiger partial charge in [0.2, 0.25) is 0 Å². The van der Waals surface area contributed by atoms with E-state index < -0.39 is 18.0 Å². The SMILES string of the molecule is Cc1ccc(CN(C)C(=O)COC(=O)C[C@@H](NC(N)=O)c2ccc(Cl)cc2)cc1. The maximum atomic E-state index is 12.2. The van der Waals surface area contributed by atoms with E-state index in [1.807, 2.05) is 31.2 Å². The van der Waals surface area contributed by atoms with Gasteiger partial charge in [0, 0.05) is 18.6 Å². The van der Waals surface area contributed by atoms with Gasteiger partial charge < -0.3 is 20.7 Å². The van der Waals surface area contributed by atoms with Crippen LogP contribution in [0, 0.1) is 6.92 Å². The molecule has 0 radical (unpaired) electrons. The number of nitrogens with two attached hydrogens (primary N) is 1. The van der Waals surface area contributed by atoms with Gasteiger partial charge in [0.15, 0.2) is 6.61 Å². The van der Waals surface area contributed by atoms with Crippen LogP contribution in [-0.2, 0) is 20.9 Å². The van der Waals surface area contributed by atoms with E-state index in [2.05, 4.69) is 5.32 Å². The molecule has 0 bridgehead atoms. The Bertz CT molecular complexity index is 853. The quantitative estimate of drug-likeness (QED) is 0.644. The third-order valence-corrected chi connectivity index (χ3v) is 4.53. The number of benzene rings is 2. The van der Waals surface area contributed by atoms with Crippen molar-refractivity contribution >= 4 is 29.5 Å². The number of hydrogen-bond donors (Lipinski definition) is 2. The van der Waals surface area contributed by atoms with E-state index in [0.29, 0.717) is 17.1 Å². The van der Waals surface area contributed by atoms with Crippen LogP contribution in [0.25, 0.3) is 0 Å². The average molecular weight is 418 g/mol. The number of primary amides is 1. The monoisotopic (exact) mass is 417 g/mol. The van der Waals surface area contributed by atoms with Crippen LogP contribution in [0.5, 0.6) is 0 Å². The molecule has 0 saturated carbocycles. The number of nitrogens with one attached hydrogen (secondary N) is 1. The van der Waals surface area contributed by atoms with Crippen LogP contribution in [0.15, 0.2) is 48.5 Å². The zero-order valence-corrected chi connectivity index (χ0v) is 17.1. The number of carbonyl (C=O) groups is 3. The first-order valence-corrected chi connectivity index (χ1v) is 9.39. The number of aryl methyl sites for hydroxylation is 1. The summed E-state index contributed by atoms with van der Waals surface area (Å²) in [5, 5.41) is 3.02. The van der Waals surface area contributed by atoms with Gasteiger partial charge >= 0.3 is 12.0 Å². The summed E-state index contributed by atoms with van der Waals surface area (Å²) in [6.07, 6.45) is -0.167. The Balaban J connectivity index is 1.88. The number of hydrogen-bond acceptors (Lipinski definition) is 4. The van der Waals surface area contributed by atoms with E-state index in [0.717, 1.165) is 11.1 Å². The lowest BCUT2D eigenvalue weighted by Gasteiger charge is -2.19. The van der Waals surface area contributed by atoms with E-state index in [4.69, 9.17) is 22.1 Å². The number of urea groups is 1. The van der Waals surface area contributed by atoms with Gasteiger partial charge in [-0.15, -0.1) is 0 Å². The Hall–Kier alpha value is -3.06. The van der Waals surface area contributed by atoms with Gasteiger partial charge in [-0.1, -0.05) is 53.6 Å². The second kappa shape index (κ2) is 10.5. The molecular formula is C21H24ClN3O4. The summed E-state index contributed by atoms with van der Waals surface area (Å²) in [5.74, 6) is -0.958. The molecule has 8 heteroatoms. The third kappa shape index (κ3) is 7.46. The van der Waals surface area contributed by atoms with Gasteiger partial charge in [-0.2, -0.15) is 0 Å². The molecule has 1 atom stereocenters. The van der Waals surface area contributed by atoms with Gasteiger partial charge in [-0.05, 0) is 30.2 Å². The molecule has 0 aromatic heterocycles. The number of halogens is 1. The summed E-state index contributed by atoms with van der Waals surface area (Å²) >= 11 is 5.86. The summed E-state index contributed by atoms with van der Waals surface area (Å²) in [7, 11) is 1.64. The number of ether oxygens (including phenoxy) is 1. The third-order valence-electron chi connectivity index (χ3n) is 4.28. The van der Waals surface area contributed by atoms with Crippen LogP contribution in [0.3, 0.4) is 0 Å². The van der Waals surface area contributed by atoms with Crippen molar-refractivity contribution in [3.8, 4) is 0 Å². The van der Waals surface area contributed by atoms with Crippen LogP contribution in [-0.4, -0.2) is 36.5 Å². The molecule has 0 spiro atoms. The number of amides is 3. The molecule has 3 amide bonds. The highest BCUT2D eigenvalue weighted by atomic mass is 35.5. The Morgan fingerprint density at radius 3 is 2.31 bits per heavy atom. The highest BCUT2D eigenvalue weighted by Gasteiger charge is 2.20. The molecule has 0 heterocycles. The van der Waals surface area contributed by atoms with Crippen molar-refractivity contribution in [3.63, 3.8) is 0 Å². The molecule has 0 fully saturated rings. The summed E-state index contributed by atoms with van der Waals surface area (Å²) < 4.78 is 5.09. The van der Waals surface area contributed by atoms with Crippen LogP contribution in [0.2, 0.25) is 5.02 Å². The largest absolute Gasteiger partial charge is 0.455 e. The number of esters is 1. The molecular weight excluding hydrogens is 394 g/mol. The molecule has 2 rings (SSSR count). The molecule has 2 aromatic rings. The average Bonchev–Trinajstić information content (AvgIpc) is 2.67. The predicted octanol–water partition coefficient (Wildman–Crippen LogP) is 2.95. The van der Waals surface area contributed by atoms with E-state index in [1.54, 1.807) is 31.3 Å². The molecule has 0 aliphatic heterocycles. The Morgan fingerprint density at radius 2 is 1.72 bits per heavy atom. The molecule has 154 valence electrons. The number of likely N-dealkylation sites (N-methyl/N-ethyl adjacent to an activating group) is 1. The fourth-order valence-corrected chi connectivity index (χ4v) is 2.78. The maximum Gasteiger partial charge on any atom is 0.312 e. The fraction of sp³-hybridized carbons (Fsp3) is 0.286. The van der Waals surface area contributed by atoms with Crippen molar-refractivity contribution in [2.45, 2.75) is 25.9 Å². The van der Waals surface area contributed by atoms with Gasteiger partial charge in [0.05, 0.1) is 12.5 Å². The molecule has 0 unspecified atom stereocenters. The number of carbonyl (C=O) groups excluding carboxylic acids is 3. The number of rotatable bonds is 8. The zero-order chi connectivity index (χ0) is 21.4. The molecule has 29 heavy (non-hydrogen) atoms. The first-order valence-electron chi connectivity index (χ1n) is 9.01. The topological polar surface area (TPSA) is 102 Å². The minimum Gasteiger partial charge on any atom is -0.455 e. The molecule has 0 saturated heterocycles. The van der Waals surface area contributed by atoms with E-state index in [-0.39, 0.29) is 18.9 Å². The van der Waals surface area contributed by atoms with Crippen molar-refractivity contribution in [1.29, 1.82) is 0 Å². The van der Waals surface area contributed by atoms with Crippen molar-refractivity contribution in [2.24, 2.45) is 5.73 Å². The van der Waals surface area contributed by atoms with Gasteiger partial charge in [0.1, 0.15) is 0 Å². The molecule has 0 aliphatic rings. The Morgan fingerprint density at radius 1 is 1.10 bits per heavy atom. The van der Waals surface area contributed by atoms with Crippen molar-refractivity contribution in [2.75, 3.05) is 13.7 Å². The predicted molar refractivity (Wildman–Crippen MR) is 110 cm³/mol. The zero-order valence-electron chi connectivity index (χ0n) is 16.4. The van der Waals surface area contributed by atoms with Crippen LogP contribution in [0.1, 0.15) is 29.2 Å². The first kappa shape index (κ1) is 22.2. The standard InChI is InChI=1S/C21H24ClN3O4/c1-14-3-5-15(6-4-14)12-25(2)19(26)13-29-20(27)11-18(24-21(23)28)16-7-9-17(22)10-8-16/h3-10,18H,11-13H2,1-2H3,(H3,23,24,28)/t18-/m1/s1. The van der Waals surface area contributed by atoms with Gasteiger partial charge in [0.25, 0.3) is 5.91 Å². The normalized spacial score (nSPS) is 11.4. The van der Waals surface area contributed by atoms with Crippen LogP contribution < -0.4 is 11.1 Å². The van der Waals surface area contributed by atoms with Gasteiger partial charge in [-0.25, -0.2) is 4.79 Å². The lowest BCUT2D eigenvalue weighted by atomic mass is 10.0. The summed E-state index contributed by atoms with van der Waals surface area (Å²) in [6, 6.07) is 13.0. The second-order valence-electron chi connectivity index (χ2n) is 6.71. The Kier molecular flexibility index (Phi) is 8.03. The highest BCUT2D eigenvalue weighted by Crippen LogP contribution is 2.20. The van der Waals surface area contributed by atoms with Gasteiger partial charge in [-0.3, -0.25) is 9.59 Å². The number of nitrogens with zero attached hydrogens (tertiary/aromatic N) is 1. The second-order valence-corrected chi connectivity index (χ2v) is 7.15. The molecule has 3 N–H and O–H groups in total. The summed E-state index contributed by atoms with van der Waals surface area (Å²) in [6.45, 7) is 2.01. The minimum absolute atomic E-state index is 0.167. The highest BCUT2D eigenvalue weighted by molar-refractivity contribution is 6.30. The van der Waals surface area contributed by atoms with Crippen molar-refractivity contribution in [1.82, 2.24) is 10.2 Å². The fourth-order valence-electron chi connectivity index (χ4n) is 2.65. The van der Waals surface area contributed by atoms with E-state index in [9.17, 15) is 14.4 Å². The van der Waals surface area contributed by atoms with Crippen LogP contribution in [0.4, 0.5) is 4.79 Å². The van der Waals surface area contributed by atoms with Crippen molar-refractivity contribution in [3.05, 3.63) is 70.2 Å². The molecule has 0 aliphatic carbocycles. The lowest BCUT2D eigenvalue weighted by Crippen LogP contribution is -2.35. The molecule has 2 aromatic carbocycles. The van der Waals surface area contributed by atoms with Crippen LogP contribution >= 0.6 is 11.6 Å². The molecule has 7 nitrogen and oxygen atoms in total. The summed E-state index contributed by atoms with van der Waals surface area (Å²) in [4.78, 5) is 37.2. The first-order chi connectivity index (χ1) is 13.7. The Labute approximate surface area is 174 Å². The maximum absolute atomic E-state index is 12.2. The van der Waals surface area contributed by atoms with Crippen molar-refractivity contribution < 1.29 is 19.1 Å². The smallest absolute Gasteiger partial charge is 0.312 e. The minimum atomic E-state index is -0.772.